The maximum Gasteiger partial charge on any atom is 0.258 e. The topological polar surface area (TPSA) is 118 Å². The minimum Gasteiger partial charge on any atom is -0.449 e. The number of hydrogen-bond donors (Lipinski definition) is 1. The van der Waals surface area contributed by atoms with Crippen LogP contribution in [0, 0.1) is 0 Å². The fraction of sp³-hybridized carbons (Fsp3) is 0.194. The zero-order valence-electron chi connectivity index (χ0n) is 25.3. The van der Waals surface area contributed by atoms with Crippen molar-refractivity contribution in [3.05, 3.63) is 133 Å². The standard InChI is InChI=1S/C36H32N4O6S/c41-35(38-23-32-45-29-17-7-8-18-30(29)46-32)28-24-39(36(42)33(25-11-3-1-4-12-25)26-13-5-2-6-14-26)21-22-40(28)47(43,44)31-19-9-15-27-16-10-20-37-34(27)31/h1-20,28,32-33H,21-24H2,(H,38,41). The molecule has 47 heavy (non-hydrogen) atoms. The molecule has 0 saturated carbocycles. The quantitative estimate of drug-likeness (QED) is 0.268. The summed E-state index contributed by atoms with van der Waals surface area (Å²) in [6.07, 6.45) is 0.750. The molecule has 7 rings (SSSR count). The van der Waals surface area contributed by atoms with Crippen LogP contribution in [0.15, 0.2) is 126 Å². The van der Waals surface area contributed by atoms with Crippen LogP contribution in [0.5, 0.6) is 11.5 Å². The number of aromatic nitrogens is 1. The predicted octanol–water partition coefficient (Wildman–Crippen LogP) is 4.18. The van der Waals surface area contributed by atoms with Crippen LogP contribution in [0.3, 0.4) is 0 Å². The third kappa shape index (κ3) is 6.02. The van der Waals surface area contributed by atoms with Gasteiger partial charge < -0.3 is 19.7 Å². The van der Waals surface area contributed by atoms with Crippen LogP contribution in [-0.4, -0.2) is 72.9 Å². The van der Waals surface area contributed by atoms with Crippen molar-refractivity contribution in [1.82, 2.24) is 19.5 Å². The zero-order chi connectivity index (χ0) is 32.4. The summed E-state index contributed by atoms with van der Waals surface area (Å²) in [5.41, 5.74) is 1.92. The lowest BCUT2D eigenvalue weighted by atomic mass is 9.89. The Hall–Kier alpha value is -5.26. The van der Waals surface area contributed by atoms with E-state index in [9.17, 15) is 18.0 Å². The van der Waals surface area contributed by atoms with E-state index in [0.717, 1.165) is 11.1 Å². The van der Waals surface area contributed by atoms with Crippen LogP contribution in [0.25, 0.3) is 10.9 Å². The van der Waals surface area contributed by atoms with Gasteiger partial charge in [-0.1, -0.05) is 91.0 Å². The molecule has 2 amide bonds. The molecular weight excluding hydrogens is 616 g/mol. The van der Waals surface area contributed by atoms with Crippen molar-refractivity contribution < 1.29 is 27.5 Å². The Morgan fingerprint density at radius 1 is 0.787 bits per heavy atom. The van der Waals surface area contributed by atoms with Crippen molar-refractivity contribution in [3.8, 4) is 11.5 Å². The molecule has 1 atom stereocenters. The highest BCUT2D eigenvalue weighted by Crippen LogP contribution is 2.34. The summed E-state index contributed by atoms with van der Waals surface area (Å²) in [6.45, 7) is -0.170. The summed E-state index contributed by atoms with van der Waals surface area (Å²) < 4.78 is 41.5. The number of piperazine rings is 1. The number of pyridine rings is 1. The number of hydrogen-bond acceptors (Lipinski definition) is 7. The summed E-state index contributed by atoms with van der Waals surface area (Å²) >= 11 is 0. The molecule has 1 unspecified atom stereocenters. The van der Waals surface area contributed by atoms with E-state index in [4.69, 9.17) is 9.47 Å². The molecule has 2 aliphatic heterocycles. The van der Waals surface area contributed by atoms with E-state index in [0.29, 0.717) is 22.4 Å². The van der Waals surface area contributed by atoms with Crippen LogP contribution in [0.4, 0.5) is 0 Å². The summed E-state index contributed by atoms with van der Waals surface area (Å²) in [5, 5.41) is 3.48. The largest absolute Gasteiger partial charge is 0.449 e. The Balaban J connectivity index is 1.19. The predicted molar refractivity (Wildman–Crippen MR) is 175 cm³/mol. The number of carbonyl (C=O) groups excluding carboxylic acids is 2. The molecule has 238 valence electrons. The third-order valence-electron chi connectivity index (χ3n) is 8.45. The molecule has 1 saturated heterocycles. The second kappa shape index (κ2) is 12.9. The Kier molecular flexibility index (Phi) is 8.32. The maximum absolute atomic E-state index is 14.3. The first-order valence-corrected chi connectivity index (χ1v) is 16.8. The Labute approximate surface area is 272 Å². The Bertz CT molecular complexity index is 1960. The van der Waals surface area contributed by atoms with Gasteiger partial charge in [0.15, 0.2) is 11.5 Å². The molecule has 2 aliphatic rings. The average molecular weight is 649 g/mol. The second-order valence-corrected chi connectivity index (χ2v) is 13.2. The van der Waals surface area contributed by atoms with Crippen molar-refractivity contribution in [2.24, 2.45) is 0 Å². The SMILES string of the molecule is O=C(NCC1Oc2ccccc2O1)C1CN(C(=O)C(c2ccccc2)c2ccccc2)CCN1S(=O)(=O)c1cccc2cccnc12. The smallest absolute Gasteiger partial charge is 0.258 e. The summed E-state index contributed by atoms with van der Waals surface area (Å²) in [7, 11) is -4.23. The van der Waals surface area contributed by atoms with Gasteiger partial charge in [-0.3, -0.25) is 14.6 Å². The average Bonchev–Trinajstić information content (AvgIpc) is 3.54. The van der Waals surface area contributed by atoms with Crippen LogP contribution in [0.2, 0.25) is 0 Å². The van der Waals surface area contributed by atoms with Gasteiger partial charge in [-0.2, -0.15) is 4.31 Å². The lowest BCUT2D eigenvalue weighted by Gasteiger charge is -2.41. The first-order chi connectivity index (χ1) is 22.9. The van der Waals surface area contributed by atoms with E-state index in [1.54, 1.807) is 41.3 Å². The van der Waals surface area contributed by atoms with Crippen molar-refractivity contribution in [1.29, 1.82) is 0 Å². The summed E-state index contributed by atoms with van der Waals surface area (Å²) in [6, 6.07) is 33.3. The first-order valence-electron chi connectivity index (χ1n) is 15.3. The van der Waals surface area contributed by atoms with Gasteiger partial charge in [-0.25, -0.2) is 8.42 Å². The van der Waals surface area contributed by atoms with E-state index in [1.807, 2.05) is 72.8 Å². The number of para-hydroxylation sites is 3. The third-order valence-corrected chi connectivity index (χ3v) is 10.4. The number of sulfonamides is 1. The first kappa shape index (κ1) is 30.4. The van der Waals surface area contributed by atoms with Gasteiger partial charge in [0.25, 0.3) is 6.29 Å². The number of carbonyl (C=O) groups is 2. The molecule has 4 aromatic carbocycles. The number of benzene rings is 4. The molecule has 3 heterocycles. The van der Waals surface area contributed by atoms with E-state index < -0.39 is 34.2 Å². The number of amides is 2. The van der Waals surface area contributed by atoms with Gasteiger partial charge in [0.1, 0.15) is 10.9 Å². The van der Waals surface area contributed by atoms with E-state index in [2.05, 4.69) is 10.3 Å². The summed E-state index contributed by atoms with van der Waals surface area (Å²) in [4.78, 5) is 34.2. The van der Waals surface area contributed by atoms with Gasteiger partial charge in [-0.05, 0) is 35.4 Å². The maximum atomic E-state index is 14.3. The second-order valence-electron chi connectivity index (χ2n) is 11.4. The van der Waals surface area contributed by atoms with Gasteiger partial charge in [0, 0.05) is 31.2 Å². The van der Waals surface area contributed by atoms with E-state index in [-0.39, 0.29) is 37.0 Å². The Morgan fingerprint density at radius 2 is 1.40 bits per heavy atom. The highest BCUT2D eigenvalue weighted by molar-refractivity contribution is 7.89. The fourth-order valence-electron chi connectivity index (χ4n) is 6.17. The van der Waals surface area contributed by atoms with Gasteiger partial charge >= 0.3 is 0 Å². The highest BCUT2D eigenvalue weighted by atomic mass is 32.2. The number of rotatable bonds is 8. The molecule has 0 bridgehead atoms. The van der Waals surface area contributed by atoms with E-state index in [1.165, 1.54) is 16.6 Å². The van der Waals surface area contributed by atoms with Crippen LogP contribution in [0.1, 0.15) is 17.0 Å². The fourth-order valence-corrected chi connectivity index (χ4v) is 7.90. The molecule has 11 heteroatoms. The van der Waals surface area contributed by atoms with Gasteiger partial charge in [0.05, 0.1) is 18.0 Å². The lowest BCUT2D eigenvalue weighted by Crippen LogP contribution is -2.62. The molecule has 5 aromatic rings. The minimum absolute atomic E-state index is 0.00228. The molecule has 0 aliphatic carbocycles. The monoisotopic (exact) mass is 648 g/mol. The molecule has 1 aromatic heterocycles. The van der Waals surface area contributed by atoms with Gasteiger partial charge in [-0.15, -0.1) is 0 Å². The molecule has 0 spiro atoms. The van der Waals surface area contributed by atoms with Crippen LogP contribution in [-0.2, 0) is 19.6 Å². The zero-order valence-corrected chi connectivity index (χ0v) is 26.1. The Morgan fingerprint density at radius 3 is 2.06 bits per heavy atom. The number of nitrogens with zero attached hydrogens (tertiary/aromatic N) is 3. The van der Waals surface area contributed by atoms with Crippen molar-refractivity contribution in [2.45, 2.75) is 23.1 Å². The number of fused-ring (bicyclic) bond motifs is 2. The lowest BCUT2D eigenvalue weighted by molar-refractivity contribution is -0.137. The molecule has 1 fully saturated rings. The van der Waals surface area contributed by atoms with Crippen LogP contribution < -0.4 is 14.8 Å². The highest BCUT2D eigenvalue weighted by Gasteiger charge is 2.43. The van der Waals surface area contributed by atoms with Crippen molar-refractivity contribution >= 4 is 32.7 Å². The molecule has 0 radical (unpaired) electrons. The van der Waals surface area contributed by atoms with E-state index >= 15 is 0 Å². The van der Waals surface area contributed by atoms with Crippen molar-refractivity contribution in [3.63, 3.8) is 0 Å². The normalized spacial score (nSPS) is 16.8. The molecule has 1 N–H and O–H groups in total. The summed E-state index contributed by atoms with van der Waals surface area (Å²) in [5.74, 6) is -0.311. The van der Waals surface area contributed by atoms with Gasteiger partial charge in [0.2, 0.25) is 21.8 Å². The molecular formula is C36H32N4O6S. The van der Waals surface area contributed by atoms with Crippen molar-refractivity contribution in [2.75, 3.05) is 26.2 Å². The number of ether oxygens (including phenoxy) is 2. The minimum atomic E-state index is -4.23. The van der Waals surface area contributed by atoms with Crippen LogP contribution >= 0.6 is 0 Å². The number of nitrogens with one attached hydrogen (secondary N) is 1. The molecule has 10 nitrogen and oxygen atoms in total.